The van der Waals surface area contributed by atoms with Crippen molar-refractivity contribution in [1.82, 2.24) is 0 Å². The van der Waals surface area contributed by atoms with Gasteiger partial charge in [0.05, 0.1) is 24.9 Å². The van der Waals surface area contributed by atoms with Gasteiger partial charge in [0, 0.05) is 6.42 Å². The van der Waals surface area contributed by atoms with Gasteiger partial charge in [-0.2, -0.15) is 0 Å². The van der Waals surface area contributed by atoms with Crippen molar-refractivity contribution in [3.63, 3.8) is 0 Å². The number of aldehydes is 1. The molecule has 0 amide bonds. The summed E-state index contributed by atoms with van der Waals surface area (Å²) in [6, 6.07) is 0. The Balaban J connectivity index is 4.48. The lowest BCUT2D eigenvalue weighted by Crippen LogP contribution is -2.36. The Hall–Kier alpha value is -0.410. The molecule has 3 nitrogen and oxygen atoms in total. The average molecular weight is 300 g/mol. The first-order valence-electron chi connectivity index (χ1n) is 8.08. The van der Waals surface area contributed by atoms with Crippen molar-refractivity contribution < 1.29 is 14.3 Å². The predicted octanol–water partition coefficient (Wildman–Crippen LogP) is 4.63. The van der Waals surface area contributed by atoms with Gasteiger partial charge in [-0.25, -0.2) is 0 Å². The molecule has 0 aliphatic carbocycles. The molecule has 0 spiro atoms. The highest BCUT2D eigenvalue weighted by atomic mass is 16.5. The SMILES string of the molecule is CC(C)OCC(C)(C)CC(C)(C)CC(C)(C)OCCC=O. The lowest BCUT2D eigenvalue weighted by atomic mass is 9.71. The highest BCUT2D eigenvalue weighted by Gasteiger charge is 2.34. The van der Waals surface area contributed by atoms with Gasteiger partial charge in [-0.1, -0.05) is 27.7 Å². The van der Waals surface area contributed by atoms with Gasteiger partial charge in [0.25, 0.3) is 0 Å². The van der Waals surface area contributed by atoms with E-state index in [1.54, 1.807) is 0 Å². The zero-order chi connectivity index (χ0) is 16.7. The van der Waals surface area contributed by atoms with Gasteiger partial charge in [-0.15, -0.1) is 0 Å². The zero-order valence-electron chi connectivity index (χ0n) is 15.4. The highest BCUT2D eigenvalue weighted by Crippen LogP contribution is 2.40. The number of hydrogen-bond donors (Lipinski definition) is 0. The first-order chi connectivity index (χ1) is 9.39. The molecule has 0 unspecified atom stereocenters. The third-order valence-corrected chi connectivity index (χ3v) is 3.40. The second-order valence-electron chi connectivity index (χ2n) is 8.61. The second kappa shape index (κ2) is 8.28. The molecule has 0 heterocycles. The van der Waals surface area contributed by atoms with E-state index in [1.807, 2.05) is 0 Å². The third-order valence-electron chi connectivity index (χ3n) is 3.40. The molecule has 0 aliphatic heterocycles. The van der Waals surface area contributed by atoms with Crippen LogP contribution in [-0.4, -0.2) is 31.2 Å². The summed E-state index contributed by atoms with van der Waals surface area (Å²) in [5, 5.41) is 0. The minimum Gasteiger partial charge on any atom is -0.378 e. The third kappa shape index (κ3) is 10.9. The van der Waals surface area contributed by atoms with E-state index < -0.39 is 0 Å². The Labute approximate surface area is 131 Å². The van der Waals surface area contributed by atoms with E-state index in [4.69, 9.17) is 9.47 Å². The first kappa shape index (κ1) is 20.6. The van der Waals surface area contributed by atoms with Gasteiger partial charge < -0.3 is 14.3 Å². The summed E-state index contributed by atoms with van der Waals surface area (Å²) in [6.07, 6.45) is 3.69. The smallest absolute Gasteiger partial charge is 0.122 e. The van der Waals surface area contributed by atoms with Crippen LogP contribution in [0.3, 0.4) is 0 Å². The summed E-state index contributed by atoms with van der Waals surface area (Å²) in [5.41, 5.74) is 0.0999. The predicted molar refractivity (Wildman–Crippen MR) is 88.6 cm³/mol. The monoisotopic (exact) mass is 300 g/mol. The molecule has 0 saturated carbocycles. The van der Waals surface area contributed by atoms with Crippen molar-refractivity contribution in [2.45, 2.75) is 86.4 Å². The summed E-state index contributed by atoms with van der Waals surface area (Å²) >= 11 is 0. The Morgan fingerprint density at radius 2 is 1.52 bits per heavy atom. The van der Waals surface area contributed by atoms with Crippen LogP contribution < -0.4 is 0 Å². The van der Waals surface area contributed by atoms with E-state index in [0.717, 1.165) is 25.7 Å². The number of carbonyl (C=O) groups excluding carboxylic acids is 1. The summed E-state index contributed by atoms with van der Waals surface area (Å²) in [5.74, 6) is 0. The van der Waals surface area contributed by atoms with E-state index in [-0.39, 0.29) is 22.5 Å². The molecule has 0 saturated heterocycles. The molecule has 0 aliphatic rings. The van der Waals surface area contributed by atoms with Gasteiger partial charge in [-0.3, -0.25) is 0 Å². The summed E-state index contributed by atoms with van der Waals surface area (Å²) < 4.78 is 11.6. The fraction of sp³-hybridized carbons (Fsp3) is 0.944. The van der Waals surface area contributed by atoms with Crippen LogP contribution in [0.25, 0.3) is 0 Å². The molecule has 0 rings (SSSR count). The van der Waals surface area contributed by atoms with Crippen LogP contribution in [0, 0.1) is 10.8 Å². The van der Waals surface area contributed by atoms with E-state index in [1.165, 1.54) is 0 Å². The van der Waals surface area contributed by atoms with Crippen LogP contribution in [-0.2, 0) is 14.3 Å². The second-order valence-corrected chi connectivity index (χ2v) is 8.61. The molecule has 0 bridgehead atoms. The number of ether oxygens (including phenoxy) is 2. The standard InChI is InChI=1S/C18H36O3/c1-15(2)20-14-17(5,6)12-16(3,4)13-18(7,8)21-11-9-10-19/h10,15H,9,11-14H2,1-8H3. The van der Waals surface area contributed by atoms with Crippen LogP contribution in [0.2, 0.25) is 0 Å². The van der Waals surface area contributed by atoms with Crippen molar-refractivity contribution in [2.75, 3.05) is 13.2 Å². The van der Waals surface area contributed by atoms with Crippen molar-refractivity contribution in [2.24, 2.45) is 10.8 Å². The van der Waals surface area contributed by atoms with E-state index in [9.17, 15) is 4.79 Å². The van der Waals surface area contributed by atoms with Crippen LogP contribution in [0.1, 0.15) is 74.7 Å². The molecule has 0 N–H and O–H groups in total. The maximum absolute atomic E-state index is 10.4. The average Bonchev–Trinajstić information content (AvgIpc) is 2.23. The van der Waals surface area contributed by atoms with Crippen molar-refractivity contribution in [3.8, 4) is 0 Å². The molecule has 0 atom stereocenters. The van der Waals surface area contributed by atoms with Crippen LogP contribution in [0.5, 0.6) is 0 Å². The van der Waals surface area contributed by atoms with E-state index in [0.29, 0.717) is 13.0 Å². The maximum Gasteiger partial charge on any atom is 0.122 e. The van der Waals surface area contributed by atoms with Crippen molar-refractivity contribution >= 4 is 6.29 Å². The zero-order valence-corrected chi connectivity index (χ0v) is 15.4. The van der Waals surface area contributed by atoms with Crippen molar-refractivity contribution in [3.05, 3.63) is 0 Å². The highest BCUT2D eigenvalue weighted by molar-refractivity contribution is 5.49. The minimum atomic E-state index is -0.207. The lowest BCUT2D eigenvalue weighted by Gasteiger charge is -2.40. The van der Waals surface area contributed by atoms with E-state index in [2.05, 4.69) is 55.4 Å². The first-order valence-corrected chi connectivity index (χ1v) is 8.08. The largest absolute Gasteiger partial charge is 0.378 e. The normalized spacial score (nSPS) is 13.8. The Morgan fingerprint density at radius 3 is 2.00 bits per heavy atom. The van der Waals surface area contributed by atoms with Crippen LogP contribution >= 0.6 is 0 Å². The number of carbonyl (C=O) groups is 1. The minimum absolute atomic E-state index is 0.145. The molecule has 0 fully saturated rings. The fourth-order valence-corrected chi connectivity index (χ4v) is 3.39. The number of rotatable bonds is 11. The fourth-order valence-electron chi connectivity index (χ4n) is 3.39. The summed E-state index contributed by atoms with van der Waals surface area (Å²) in [4.78, 5) is 10.4. The quantitative estimate of drug-likeness (QED) is 0.412. The van der Waals surface area contributed by atoms with E-state index >= 15 is 0 Å². The number of hydrogen-bond acceptors (Lipinski definition) is 3. The summed E-state index contributed by atoms with van der Waals surface area (Å²) in [6.45, 7) is 18.7. The molecule has 0 aromatic carbocycles. The molecule has 3 heteroatoms. The Bertz CT molecular complexity index is 304. The molecule has 0 aromatic rings. The molecular formula is C18H36O3. The van der Waals surface area contributed by atoms with Crippen LogP contribution in [0.4, 0.5) is 0 Å². The van der Waals surface area contributed by atoms with Gasteiger partial charge >= 0.3 is 0 Å². The molecular weight excluding hydrogens is 264 g/mol. The molecule has 0 radical (unpaired) electrons. The van der Waals surface area contributed by atoms with Gasteiger partial charge in [0.2, 0.25) is 0 Å². The van der Waals surface area contributed by atoms with Crippen molar-refractivity contribution in [1.29, 1.82) is 0 Å². The summed E-state index contributed by atoms with van der Waals surface area (Å²) in [7, 11) is 0. The van der Waals surface area contributed by atoms with Gasteiger partial charge in [0.1, 0.15) is 6.29 Å². The lowest BCUT2D eigenvalue weighted by molar-refractivity contribution is -0.111. The topological polar surface area (TPSA) is 35.5 Å². The Morgan fingerprint density at radius 1 is 0.952 bits per heavy atom. The van der Waals surface area contributed by atoms with Gasteiger partial charge in [-0.05, 0) is 51.4 Å². The van der Waals surface area contributed by atoms with Crippen LogP contribution in [0.15, 0.2) is 0 Å². The maximum atomic E-state index is 10.4. The van der Waals surface area contributed by atoms with Gasteiger partial charge in [0.15, 0.2) is 0 Å². The molecule has 0 aromatic heterocycles. The molecule has 21 heavy (non-hydrogen) atoms. The molecule has 126 valence electrons. The Kier molecular flexibility index (Phi) is 8.12.